The van der Waals surface area contributed by atoms with Crippen molar-refractivity contribution in [3.8, 4) is 11.5 Å². The van der Waals surface area contributed by atoms with Gasteiger partial charge in [-0.15, -0.1) is 0 Å². The normalized spacial score (nSPS) is 14.6. The Hall–Kier alpha value is -1.79. The molecule has 0 aromatic heterocycles. The lowest BCUT2D eigenvalue weighted by Gasteiger charge is -2.29. The Morgan fingerprint density at radius 2 is 1.95 bits per heavy atom. The van der Waals surface area contributed by atoms with Crippen LogP contribution in [0.15, 0.2) is 12.1 Å². The molecule has 1 aromatic rings. The Kier molecular flexibility index (Phi) is 4.81. The van der Waals surface area contributed by atoms with Gasteiger partial charge in [0.1, 0.15) is 0 Å². The van der Waals surface area contributed by atoms with Crippen molar-refractivity contribution in [2.45, 2.75) is 19.4 Å². The molecule has 110 valence electrons. The summed E-state index contributed by atoms with van der Waals surface area (Å²) >= 11 is 0. The van der Waals surface area contributed by atoms with Crippen molar-refractivity contribution in [2.24, 2.45) is 5.84 Å². The van der Waals surface area contributed by atoms with Crippen molar-refractivity contribution in [3.05, 3.63) is 23.3 Å². The Morgan fingerprint density at radius 1 is 1.30 bits per heavy atom. The summed E-state index contributed by atoms with van der Waals surface area (Å²) in [5.74, 6) is 6.46. The van der Waals surface area contributed by atoms with Gasteiger partial charge < -0.3 is 9.47 Å². The number of rotatable bonds is 5. The predicted molar refractivity (Wildman–Crippen MR) is 75.5 cm³/mol. The zero-order chi connectivity index (χ0) is 14.5. The highest BCUT2D eigenvalue weighted by molar-refractivity contribution is 5.75. The molecule has 2 rings (SSSR count). The van der Waals surface area contributed by atoms with E-state index in [4.69, 9.17) is 15.3 Å². The molecule has 0 aliphatic carbocycles. The predicted octanol–water partition coefficient (Wildman–Crippen LogP) is 0.442. The maximum atomic E-state index is 11.2. The van der Waals surface area contributed by atoms with Crippen LogP contribution in [0.1, 0.15) is 17.5 Å². The number of carbonyl (C=O) groups is 1. The molecule has 6 nitrogen and oxygen atoms in total. The third-order valence-corrected chi connectivity index (χ3v) is 3.61. The molecule has 0 fully saturated rings. The lowest BCUT2D eigenvalue weighted by atomic mass is 9.98. The smallest absolute Gasteiger partial charge is 0.235 e. The summed E-state index contributed by atoms with van der Waals surface area (Å²) in [6.45, 7) is 2.45. The standard InChI is InChI=1S/C14H21N3O3/c1-19-12-7-10-3-5-17(6-4-14(18)16-15)9-11(10)8-13(12)20-2/h7-8H,3-6,9,15H2,1-2H3,(H,16,18). The number of nitrogens with zero attached hydrogens (tertiary/aromatic N) is 1. The van der Waals surface area contributed by atoms with Crippen LogP contribution in [-0.4, -0.2) is 38.1 Å². The van der Waals surface area contributed by atoms with Gasteiger partial charge in [-0.25, -0.2) is 5.84 Å². The fourth-order valence-corrected chi connectivity index (χ4v) is 2.46. The third kappa shape index (κ3) is 3.20. The molecular formula is C14H21N3O3. The number of ether oxygens (including phenoxy) is 2. The Balaban J connectivity index is 2.07. The minimum Gasteiger partial charge on any atom is -0.493 e. The van der Waals surface area contributed by atoms with Gasteiger partial charge >= 0.3 is 0 Å². The number of carbonyl (C=O) groups excluding carboxylic acids is 1. The highest BCUT2D eigenvalue weighted by atomic mass is 16.5. The lowest BCUT2D eigenvalue weighted by Crippen LogP contribution is -2.36. The lowest BCUT2D eigenvalue weighted by molar-refractivity contribution is -0.121. The number of methoxy groups -OCH3 is 2. The van der Waals surface area contributed by atoms with Crippen molar-refractivity contribution in [3.63, 3.8) is 0 Å². The fourth-order valence-electron chi connectivity index (χ4n) is 2.46. The molecular weight excluding hydrogens is 258 g/mol. The Bertz CT molecular complexity index is 491. The van der Waals surface area contributed by atoms with Crippen LogP contribution in [-0.2, 0) is 17.8 Å². The topological polar surface area (TPSA) is 76.8 Å². The van der Waals surface area contributed by atoms with Crippen molar-refractivity contribution >= 4 is 5.91 Å². The second-order valence-corrected chi connectivity index (χ2v) is 4.82. The minimum absolute atomic E-state index is 0.136. The summed E-state index contributed by atoms with van der Waals surface area (Å²) in [5, 5.41) is 0. The number of fused-ring (bicyclic) bond motifs is 1. The first-order chi connectivity index (χ1) is 9.67. The SMILES string of the molecule is COc1cc2c(cc1OC)CN(CCC(=O)NN)CC2. The van der Waals surface area contributed by atoms with Gasteiger partial charge in [-0.1, -0.05) is 0 Å². The molecule has 1 aliphatic rings. The van der Waals surface area contributed by atoms with E-state index in [2.05, 4.69) is 10.3 Å². The summed E-state index contributed by atoms with van der Waals surface area (Å²) < 4.78 is 10.6. The fraction of sp³-hybridized carbons (Fsp3) is 0.500. The molecule has 0 atom stereocenters. The van der Waals surface area contributed by atoms with E-state index in [0.29, 0.717) is 13.0 Å². The van der Waals surface area contributed by atoms with Crippen molar-refractivity contribution < 1.29 is 14.3 Å². The minimum atomic E-state index is -0.136. The van der Waals surface area contributed by atoms with Gasteiger partial charge in [0, 0.05) is 26.1 Å². The number of nitrogens with one attached hydrogen (secondary N) is 1. The second kappa shape index (κ2) is 6.58. The average Bonchev–Trinajstić information content (AvgIpc) is 2.50. The van der Waals surface area contributed by atoms with Gasteiger partial charge in [0.05, 0.1) is 14.2 Å². The molecule has 0 spiro atoms. The monoisotopic (exact) mass is 279 g/mol. The first kappa shape index (κ1) is 14.6. The van der Waals surface area contributed by atoms with E-state index >= 15 is 0 Å². The van der Waals surface area contributed by atoms with Gasteiger partial charge in [-0.05, 0) is 29.7 Å². The van der Waals surface area contributed by atoms with Crippen molar-refractivity contribution in [1.82, 2.24) is 10.3 Å². The number of nitrogens with two attached hydrogens (primary N) is 1. The zero-order valence-corrected chi connectivity index (χ0v) is 11.9. The van der Waals surface area contributed by atoms with Gasteiger partial charge in [-0.3, -0.25) is 15.1 Å². The summed E-state index contributed by atoms with van der Waals surface area (Å²) in [6.07, 6.45) is 1.36. The van der Waals surface area contributed by atoms with E-state index in [1.165, 1.54) is 11.1 Å². The summed E-state index contributed by atoms with van der Waals surface area (Å²) in [4.78, 5) is 13.4. The zero-order valence-electron chi connectivity index (χ0n) is 11.9. The summed E-state index contributed by atoms with van der Waals surface area (Å²) in [6, 6.07) is 4.06. The van der Waals surface area contributed by atoms with Crippen LogP contribution >= 0.6 is 0 Å². The molecule has 0 unspecified atom stereocenters. The quantitative estimate of drug-likeness (QED) is 0.465. The van der Waals surface area contributed by atoms with Gasteiger partial charge in [0.2, 0.25) is 5.91 Å². The molecule has 6 heteroatoms. The summed E-state index contributed by atoms with van der Waals surface area (Å²) in [5.41, 5.74) is 4.66. The molecule has 20 heavy (non-hydrogen) atoms. The number of benzene rings is 1. The molecule has 1 aliphatic heterocycles. The van der Waals surface area contributed by atoms with Crippen molar-refractivity contribution in [1.29, 1.82) is 0 Å². The highest BCUT2D eigenvalue weighted by Crippen LogP contribution is 2.33. The van der Waals surface area contributed by atoms with Crippen LogP contribution in [0.4, 0.5) is 0 Å². The van der Waals surface area contributed by atoms with Gasteiger partial charge in [0.25, 0.3) is 0 Å². The molecule has 0 saturated carbocycles. The molecule has 0 radical (unpaired) electrons. The summed E-state index contributed by atoms with van der Waals surface area (Å²) in [7, 11) is 3.28. The average molecular weight is 279 g/mol. The van der Waals surface area contributed by atoms with Crippen LogP contribution in [0, 0.1) is 0 Å². The maximum absolute atomic E-state index is 11.2. The first-order valence-corrected chi connectivity index (χ1v) is 6.63. The van der Waals surface area contributed by atoms with E-state index in [9.17, 15) is 4.79 Å². The number of hydrogen-bond acceptors (Lipinski definition) is 5. The maximum Gasteiger partial charge on any atom is 0.235 e. The van der Waals surface area contributed by atoms with E-state index in [1.54, 1.807) is 14.2 Å². The van der Waals surface area contributed by atoms with Crippen molar-refractivity contribution in [2.75, 3.05) is 27.3 Å². The van der Waals surface area contributed by atoms with Crippen LogP contribution in [0.5, 0.6) is 11.5 Å². The molecule has 0 saturated heterocycles. The van der Waals surface area contributed by atoms with Crippen LogP contribution in [0.2, 0.25) is 0 Å². The highest BCUT2D eigenvalue weighted by Gasteiger charge is 2.19. The van der Waals surface area contributed by atoms with Crippen LogP contribution in [0.3, 0.4) is 0 Å². The Morgan fingerprint density at radius 3 is 2.55 bits per heavy atom. The molecule has 1 heterocycles. The van der Waals surface area contributed by atoms with E-state index < -0.39 is 0 Å². The van der Waals surface area contributed by atoms with E-state index in [-0.39, 0.29) is 5.91 Å². The molecule has 3 N–H and O–H groups in total. The number of hydrazine groups is 1. The third-order valence-electron chi connectivity index (χ3n) is 3.61. The largest absolute Gasteiger partial charge is 0.493 e. The van der Waals surface area contributed by atoms with E-state index in [1.807, 2.05) is 12.1 Å². The molecule has 1 amide bonds. The van der Waals surface area contributed by atoms with Crippen LogP contribution < -0.4 is 20.7 Å². The first-order valence-electron chi connectivity index (χ1n) is 6.63. The molecule has 1 aromatic carbocycles. The van der Waals surface area contributed by atoms with E-state index in [0.717, 1.165) is 31.0 Å². The number of amides is 1. The molecule has 0 bridgehead atoms. The van der Waals surface area contributed by atoms with Gasteiger partial charge in [0.15, 0.2) is 11.5 Å². The van der Waals surface area contributed by atoms with Gasteiger partial charge in [-0.2, -0.15) is 0 Å². The number of hydrogen-bond donors (Lipinski definition) is 2. The van der Waals surface area contributed by atoms with Crippen LogP contribution in [0.25, 0.3) is 0 Å². The Labute approximate surface area is 118 Å². The second-order valence-electron chi connectivity index (χ2n) is 4.82.